The lowest BCUT2D eigenvalue weighted by molar-refractivity contribution is 0.0365. The summed E-state index contributed by atoms with van der Waals surface area (Å²) >= 11 is 0. The Labute approximate surface area is 432 Å². The fourth-order valence-electron chi connectivity index (χ4n) is 10.2. The van der Waals surface area contributed by atoms with Crippen LogP contribution in [0.5, 0.6) is 0 Å². The average Bonchev–Trinajstić information content (AvgIpc) is 4.06. The number of carbonyl (C=O) groups excluding carboxylic acids is 2. The molecule has 7 N–H and O–H groups in total. The molecule has 0 radical (unpaired) electrons. The molecule has 4 heterocycles. The van der Waals surface area contributed by atoms with Crippen LogP contribution < -0.4 is 22.1 Å². The van der Waals surface area contributed by atoms with Gasteiger partial charge in [-0.05, 0) is 127 Å². The van der Waals surface area contributed by atoms with Gasteiger partial charge in [-0.1, -0.05) is 72.8 Å². The predicted molar refractivity (Wildman–Crippen MR) is 297 cm³/mol. The van der Waals surface area contributed by atoms with Gasteiger partial charge in [0.25, 0.3) is 11.8 Å². The fraction of sp³-hybridized carbons (Fsp3) is 0.283. The zero-order chi connectivity index (χ0) is 51.1. The molecule has 3 aliphatic rings. The minimum Gasteiger partial charge on any atom is -0.465 e. The van der Waals surface area contributed by atoms with Crippen LogP contribution >= 0.6 is 0 Å². The zero-order valence-electron chi connectivity index (χ0n) is 42.0. The minimum atomic E-state index is -0.852. The molecule has 11 rings (SSSR count). The normalized spacial score (nSPS) is 16.2. The Hall–Kier alpha value is -7.91. The van der Waals surface area contributed by atoms with Gasteiger partial charge in [0.05, 0.1) is 36.0 Å². The molecule has 1 unspecified atom stereocenters. The molecule has 14 nitrogen and oxygen atoms in total. The van der Waals surface area contributed by atoms with E-state index in [1.165, 1.54) is 34.2 Å². The van der Waals surface area contributed by atoms with Crippen LogP contribution in [-0.2, 0) is 24.2 Å². The number of piperazine rings is 1. The molecule has 74 heavy (non-hydrogen) atoms. The number of anilines is 4. The van der Waals surface area contributed by atoms with Crippen molar-refractivity contribution in [1.82, 2.24) is 23.8 Å². The SMILES string of the molecule is CC1CN(CCn2ccc3cc(C(=O)Nc4cc(-c5ccccc5)ccc4N)ccc32)CCN1C(=O)O.Nc1ccc(-c2ccccc2)cc1NC(=O)c1ccc2c(c1)c(CC1CC1)cn2CCN1CCOCC1. The topological polar surface area (TPSA) is 176 Å². The van der Waals surface area contributed by atoms with E-state index in [-0.39, 0.29) is 17.9 Å². The van der Waals surface area contributed by atoms with E-state index in [4.69, 9.17) is 16.2 Å². The quantitative estimate of drug-likeness (QED) is 0.0664. The highest BCUT2D eigenvalue weighted by Crippen LogP contribution is 2.36. The molecule has 1 saturated carbocycles. The Morgan fingerprint density at radius 1 is 0.608 bits per heavy atom. The number of amides is 3. The molecule has 1 atom stereocenters. The highest BCUT2D eigenvalue weighted by Gasteiger charge is 2.27. The van der Waals surface area contributed by atoms with Crippen LogP contribution in [0.15, 0.2) is 152 Å². The van der Waals surface area contributed by atoms with Gasteiger partial charge < -0.3 is 46.0 Å². The summed E-state index contributed by atoms with van der Waals surface area (Å²) in [7, 11) is 0. The van der Waals surface area contributed by atoms with Crippen LogP contribution in [0.4, 0.5) is 27.5 Å². The molecule has 1 aliphatic carbocycles. The number of carboxylic acid groups (broad SMARTS) is 1. The molecule has 3 amide bonds. The van der Waals surface area contributed by atoms with Crippen LogP contribution in [0.25, 0.3) is 44.1 Å². The standard InChI is InChI=1S/C31H34N4O2.C29H31N5O3/c32-28-10-8-24(23-4-2-1-3-5-23)20-29(28)33-31(36)25-9-11-30-27(19-25)26(18-22-6-7-22)21-35(30)13-12-34-14-16-37-17-15-34;1-20-19-32(14-16-34(20)29(36)37)13-15-33-12-11-23-17-24(8-10-27(23)33)28(35)31-26-18-22(7-9-25(26)30)21-5-3-2-4-6-21/h1-5,8-11,19-22H,6-7,12-18,32H2,(H,33,36);2-12,17-18,20H,13-16,19,30H2,1H3,(H,31,35)(H,36,37). The van der Waals surface area contributed by atoms with Crippen LogP contribution in [0, 0.1) is 5.92 Å². The van der Waals surface area contributed by atoms with E-state index >= 15 is 0 Å². The number of ether oxygens (including phenoxy) is 1. The Balaban J connectivity index is 0.000000169. The van der Waals surface area contributed by atoms with Gasteiger partial charge >= 0.3 is 6.09 Å². The molecule has 0 bridgehead atoms. The van der Waals surface area contributed by atoms with E-state index in [1.54, 1.807) is 0 Å². The van der Waals surface area contributed by atoms with Gasteiger partial charge in [-0.25, -0.2) is 4.79 Å². The second-order valence-corrected chi connectivity index (χ2v) is 19.8. The Kier molecular flexibility index (Phi) is 15.1. The number of nitrogens with two attached hydrogens (primary N) is 2. The van der Waals surface area contributed by atoms with Crippen molar-refractivity contribution in [2.45, 2.75) is 45.3 Å². The molecular weight excluding hydrogens is 927 g/mol. The Bertz CT molecular complexity index is 3270. The van der Waals surface area contributed by atoms with Crippen molar-refractivity contribution in [3.05, 3.63) is 169 Å². The molecule has 2 saturated heterocycles. The molecular formula is C60H65N9O5. The molecule has 2 aromatic heterocycles. The van der Waals surface area contributed by atoms with Gasteiger partial charge in [-0.15, -0.1) is 0 Å². The maximum absolute atomic E-state index is 13.4. The van der Waals surface area contributed by atoms with Gasteiger partial charge in [-0.2, -0.15) is 0 Å². The predicted octanol–water partition coefficient (Wildman–Crippen LogP) is 10.3. The number of rotatable bonds is 14. The van der Waals surface area contributed by atoms with Crippen molar-refractivity contribution in [3.8, 4) is 22.3 Å². The molecule has 3 fully saturated rings. The van der Waals surface area contributed by atoms with Gasteiger partial charge in [0.2, 0.25) is 0 Å². The lowest BCUT2D eigenvalue weighted by Crippen LogP contribution is -2.54. The van der Waals surface area contributed by atoms with Crippen LogP contribution in [0.2, 0.25) is 0 Å². The maximum Gasteiger partial charge on any atom is 0.407 e. The summed E-state index contributed by atoms with van der Waals surface area (Å²) in [4.78, 5) is 44.0. The third-order valence-corrected chi connectivity index (χ3v) is 14.7. The Morgan fingerprint density at radius 2 is 1.19 bits per heavy atom. The van der Waals surface area contributed by atoms with Crippen LogP contribution in [-0.4, -0.2) is 112 Å². The Morgan fingerprint density at radius 3 is 1.78 bits per heavy atom. The molecule has 2 aliphatic heterocycles. The summed E-state index contributed by atoms with van der Waals surface area (Å²) in [5, 5.41) is 17.5. The summed E-state index contributed by atoms with van der Waals surface area (Å²) < 4.78 is 10.0. The summed E-state index contributed by atoms with van der Waals surface area (Å²) in [6.45, 7) is 11.1. The number of carbonyl (C=O) groups is 3. The first-order chi connectivity index (χ1) is 36.0. The van der Waals surface area contributed by atoms with Crippen LogP contribution in [0.3, 0.4) is 0 Å². The highest BCUT2D eigenvalue weighted by molar-refractivity contribution is 6.09. The largest absolute Gasteiger partial charge is 0.465 e. The first kappa shape index (κ1) is 49.7. The van der Waals surface area contributed by atoms with Gasteiger partial charge in [0, 0.05) is 110 Å². The monoisotopic (exact) mass is 992 g/mol. The number of aromatic nitrogens is 2. The van der Waals surface area contributed by atoms with Gasteiger partial charge in [0.15, 0.2) is 0 Å². The van der Waals surface area contributed by atoms with Crippen molar-refractivity contribution in [1.29, 1.82) is 0 Å². The van der Waals surface area contributed by atoms with Gasteiger partial charge in [0.1, 0.15) is 0 Å². The van der Waals surface area contributed by atoms with E-state index in [0.717, 1.165) is 111 Å². The number of morpholine rings is 1. The summed E-state index contributed by atoms with van der Waals surface area (Å²) in [6, 6.07) is 45.3. The summed E-state index contributed by atoms with van der Waals surface area (Å²) in [6.07, 6.45) is 7.18. The lowest BCUT2D eigenvalue weighted by atomic mass is 10.0. The second-order valence-electron chi connectivity index (χ2n) is 19.8. The first-order valence-corrected chi connectivity index (χ1v) is 25.8. The second kappa shape index (κ2) is 22.5. The third-order valence-electron chi connectivity index (χ3n) is 14.7. The smallest absolute Gasteiger partial charge is 0.407 e. The summed E-state index contributed by atoms with van der Waals surface area (Å²) in [5.74, 6) is 0.422. The van der Waals surface area contributed by atoms with Crippen molar-refractivity contribution >= 4 is 62.5 Å². The van der Waals surface area contributed by atoms with Crippen molar-refractivity contribution < 1.29 is 24.2 Å². The molecule has 14 heteroatoms. The zero-order valence-corrected chi connectivity index (χ0v) is 42.0. The molecule has 380 valence electrons. The van der Waals surface area contributed by atoms with Crippen molar-refractivity contribution in [2.24, 2.45) is 5.92 Å². The number of fused-ring (bicyclic) bond motifs is 2. The summed E-state index contributed by atoms with van der Waals surface area (Å²) in [5.41, 5.74) is 23.6. The number of benzene rings is 6. The number of hydrogen-bond acceptors (Lipinski definition) is 8. The molecule has 8 aromatic rings. The van der Waals surface area contributed by atoms with E-state index < -0.39 is 6.09 Å². The van der Waals surface area contributed by atoms with Crippen molar-refractivity contribution in [3.63, 3.8) is 0 Å². The van der Waals surface area contributed by atoms with E-state index in [2.05, 4.69) is 60.0 Å². The van der Waals surface area contributed by atoms with E-state index in [9.17, 15) is 19.5 Å². The van der Waals surface area contributed by atoms with Gasteiger partial charge in [-0.3, -0.25) is 19.4 Å². The van der Waals surface area contributed by atoms with Crippen molar-refractivity contribution in [2.75, 3.05) is 81.1 Å². The minimum absolute atomic E-state index is 0.0175. The fourth-order valence-corrected chi connectivity index (χ4v) is 10.2. The maximum atomic E-state index is 13.4. The number of nitrogens with zero attached hydrogens (tertiary/aromatic N) is 5. The lowest BCUT2D eigenvalue weighted by Gasteiger charge is -2.38. The number of hydrogen-bond donors (Lipinski definition) is 5. The average molecular weight is 992 g/mol. The van der Waals surface area contributed by atoms with Crippen LogP contribution in [0.1, 0.15) is 46.0 Å². The molecule has 0 spiro atoms. The highest BCUT2D eigenvalue weighted by atomic mass is 16.5. The molecule has 6 aromatic carbocycles. The third kappa shape index (κ3) is 11.8. The first-order valence-electron chi connectivity index (χ1n) is 25.8. The number of nitrogens with one attached hydrogen (secondary N) is 2. The van der Waals surface area contributed by atoms with E-state index in [1.807, 2.05) is 128 Å². The number of nitrogen functional groups attached to an aromatic ring is 2. The van der Waals surface area contributed by atoms with E-state index in [0.29, 0.717) is 40.4 Å².